The van der Waals surface area contributed by atoms with Crippen LogP contribution in [0.2, 0.25) is 0 Å². The third kappa shape index (κ3) is 3.50. The van der Waals surface area contributed by atoms with E-state index in [9.17, 15) is 9.59 Å². The zero-order valence-electron chi connectivity index (χ0n) is 12.8. The normalized spacial score (nSPS) is 23.9. The van der Waals surface area contributed by atoms with Gasteiger partial charge in [0.1, 0.15) is 5.76 Å². The van der Waals surface area contributed by atoms with Crippen molar-refractivity contribution in [3.05, 3.63) is 24.2 Å². The topological polar surface area (TPSA) is 65.8 Å². The summed E-state index contributed by atoms with van der Waals surface area (Å²) in [5.74, 6) is 0.900. The summed E-state index contributed by atoms with van der Waals surface area (Å²) in [6.45, 7) is 2.59. The number of hydrogen-bond acceptors (Lipinski definition) is 4. The van der Waals surface area contributed by atoms with E-state index in [0.717, 1.165) is 31.6 Å². The summed E-state index contributed by atoms with van der Waals surface area (Å²) in [4.78, 5) is 27.8. The molecule has 3 heterocycles. The van der Waals surface area contributed by atoms with Crippen LogP contribution in [0.25, 0.3) is 0 Å². The number of piperazine rings is 1. The van der Waals surface area contributed by atoms with Crippen LogP contribution in [0.3, 0.4) is 0 Å². The molecule has 120 valence electrons. The predicted octanol–water partition coefficient (Wildman–Crippen LogP) is 1.16. The van der Waals surface area contributed by atoms with Gasteiger partial charge in [0.25, 0.3) is 0 Å². The van der Waals surface area contributed by atoms with Crippen molar-refractivity contribution in [2.75, 3.05) is 32.7 Å². The summed E-state index contributed by atoms with van der Waals surface area (Å²) in [5, 5.41) is 2.75. The van der Waals surface area contributed by atoms with E-state index in [2.05, 4.69) is 10.2 Å². The Kier molecular flexibility index (Phi) is 4.77. The second-order valence-corrected chi connectivity index (χ2v) is 6.02. The Morgan fingerprint density at radius 3 is 3.00 bits per heavy atom. The van der Waals surface area contributed by atoms with Gasteiger partial charge in [0, 0.05) is 13.1 Å². The van der Waals surface area contributed by atoms with Crippen LogP contribution in [-0.2, 0) is 9.59 Å². The molecule has 0 spiro atoms. The number of furan rings is 1. The Labute approximate surface area is 130 Å². The fraction of sp³-hybridized carbons (Fsp3) is 0.625. The molecule has 2 saturated heterocycles. The molecule has 1 aromatic heterocycles. The second kappa shape index (κ2) is 6.96. The van der Waals surface area contributed by atoms with Gasteiger partial charge in [0.2, 0.25) is 11.8 Å². The van der Waals surface area contributed by atoms with Gasteiger partial charge in [-0.25, -0.2) is 0 Å². The average Bonchev–Trinajstić information content (AvgIpc) is 2.95. The number of carbonyl (C=O) groups is 2. The van der Waals surface area contributed by atoms with Crippen molar-refractivity contribution < 1.29 is 14.0 Å². The Morgan fingerprint density at radius 1 is 1.32 bits per heavy atom. The Morgan fingerprint density at radius 2 is 2.23 bits per heavy atom. The maximum Gasteiger partial charge on any atom is 0.239 e. The van der Waals surface area contributed by atoms with Crippen molar-refractivity contribution in [2.45, 2.75) is 31.7 Å². The number of rotatable bonds is 3. The summed E-state index contributed by atoms with van der Waals surface area (Å²) < 4.78 is 5.57. The van der Waals surface area contributed by atoms with E-state index in [0.29, 0.717) is 19.6 Å². The highest BCUT2D eigenvalue weighted by molar-refractivity contribution is 5.86. The molecule has 2 aliphatic heterocycles. The van der Waals surface area contributed by atoms with Gasteiger partial charge in [0.05, 0.1) is 25.4 Å². The summed E-state index contributed by atoms with van der Waals surface area (Å²) in [7, 11) is 0. The van der Waals surface area contributed by atoms with Crippen LogP contribution in [-0.4, -0.2) is 54.3 Å². The van der Waals surface area contributed by atoms with Gasteiger partial charge in [-0.05, 0) is 31.5 Å². The molecule has 3 rings (SSSR count). The Hall–Kier alpha value is -1.82. The van der Waals surface area contributed by atoms with Crippen LogP contribution < -0.4 is 5.32 Å². The standard InChI is InChI=1S/C16H23N3O3/c20-15-11-19(9-7-17-15)16(21)12-18-8-3-1-2-5-13(18)14-6-4-10-22-14/h4,6,10,13H,1-3,5,7-9,11-12H2,(H,17,20). The molecule has 0 bridgehead atoms. The lowest BCUT2D eigenvalue weighted by molar-refractivity contribution is -0.139. The lowest BCUT2D eigenvalue weighted by atomic mass is 10.1. The van der Waals surface area contributed by atoms with E-state index in [1.54, 1.807) is 11.2 Å². The van der Waals surface area contributed by atoms with Crippen molar-refractivity contribution in [1.82, 2.24) is 15.1 Å². The van der Waals surface area contributed by atoms with Crippen LogP contribution >= 0.6 is 0 Å². The zero-order chi connectivity index (χ0) is 15.4. The first-order valence-corrected chi connectivity index (χ1v) is 8.06. The largest absolute Gasteiger partial charge is 0.468 e. The van der Waals surface area contributed by atoms with Crippen LogP contribution in [0.1, 0.15) is 37.5 Å². The lowest BCUT2D eigenvalue weighted by Gasteiger charge is -2.32. The van der Waals surface area contributed by atoms with E-state index in [1.807, 2.05) is 12.1 Å². The van der Waals surface area contributed by atoms with Crippen LogP contribution in [0.5, 0.6) is 0 Å². The summed E-state index contributed by atoms with van der Waals surface area (Å²) in [5.41, 5.74) is 0. The van der Waals surface area contributed by atoms with Crippen molar-refractivity contribution in [2.24, 2.45) is 0 Å². The molecular formula is C16H23N3O3. The number of nitrogens with zero attached hydrogens (tertiary/aromatic N) is 2. The van der Waals surface area contributed by atoms with E-state index in [4.69, 9.17) is 4.42 Å². The molecule has 1 N–H and O–H groups in total. The Balaban J connectivity index is 1.67. The van der Waals surface area contributed by atoms with E-state index in [-0.39, 0.29) is 24.4 Å². The highest BCUT2D eigenvalue weighted by atomic mass is 16.3. The third-order valence-electron chi connectivity index (χ3n) is 4.46. The highest BCUT2D eigenvalue weighted by Gasteiger charge is 2.29. The number of amides is 2. The molecular weight excluding hydrogens is 282 g/mol. The number of carbonyl (C=O) groups excluding carboxylic acids is 2. The molecule has 1 atom stereocenters. The van der Waals surface area contributed by atoms with Gasteiger partial charge in [-0.3, -0.25) is 14.5 Å². The molecule has 6 heteroatoms. The number of likely N-dealkylation sites (tertiary alicyclic amines) is 1. The SMILES string of the molecule is O=C1CN(C(=O)CN2CCCCCC2c2ccco2)CCN1. The molecule has 0 radical (unpaired) electrons. The first-order valence-electron chi connectivity index (χ1n) is 8.06. The molecule has 1 unspecified atom stereocenters. The second-order valence-electron chi connectivity index (χ2n) is 6.02. The molecule has 2 fully saturated rings. The molecule has 6 nitrogen and oxygen atoms in total. The molecule has 2 aliphatic rings. The number of nitrogens with one attached hydrogen (secondary N) is 1. The van der Waals surface area contributed by atoms with E-state index < -0.39 is 0 Å². The highest BCUT2D eigenvalue weighted by Crippen LogP contribution is 2.30. The van der Waals surface area contributed by atoms with Crippen molar-refractivity contribution >= 4 is 11.8 Å². The van der Waals surface area contributed by atoms with Gasteiger partial charge >= 0.3 is 0 Å². The van der Waals surface area contributed by atoms with Crippen molar-refractivity contribution in [3.63, 3.8) is 0 Å². The maximum absolute atomic E-state index is 12.5. The average molecular weight is 305 g/mol. The van der Waals surface area contributed by atoms with Gasteiger partial charge < -0.3 is 14.6 Å². The molecule has 0 saturated carbocycles. The summed E-state index contributed by atoms with van der Waals surface area (Å²) in [6.07, 6.45) is 6.15. The molecule has 1 aromatic rings. The predicted molar refractivity (Wildman–Crippen MR) is 81.1 cm³/mol. The number of hydrogen-bond donors (Lipinski definition) is 1. The molecule has 2 amide bonds. The fourth-order valence-corrected chi connectivity index (χ4v) is 3.29. The van der Waals surface area contributed by atoms with Crippen molar-refractivity contribution in [1.29, 1.82) is 0 Å². The van der Waals surface area contributed by atoms with Gasteiger partial charge in [0.15, 0.2) is 0 Å². The summed E-state index contributed by atoms with van der Waals surface area (Å²) >= 11 is 0. The monoisotopic (exact) mass is 305 g/mol. The Bertz CT molecular complexity index is 515. The molecule has 0 aliphatic carbocycles. The smallest absolute Gasteiger partial charge is 0.239 e. The third-order valence-corrected chi connectivity index (χ3v) is 4.46. The van der Waals surface area contributed by atoms with E-state index in [1.165, 1.54) is 6.42 Å². The van der Waals surface area contributed by atoms with Crippen LogP contribution in [0.4, 0.5) is 0 Å². The van der Waals surface area contributed by atoms with Crippen LogP contribution in [0.15, 0.2) is 22.8 Å². The van der Waals surface area contributed by atoms with E-state index >= 15 is 0 Å². The maximum atomic E-state index is 12.5. The molecule has 0 aromatic carbocycles. The minimum atomic E-state index is -0.0712. The van der Waals surface area contributed by atoms with Crippen molar-refractivity contribution in [3.8, 4) is 0 Å². The molecule has 22 heavy (non-hydrogen) atoms. The quantitative estimate of drug-likeness (QED) is 0.910. The first kappa shape index (κ1) is 15.1. The lowest BCUT2D eigenvalue weighted by Crippen LogP contribution is -2.52. The van der Waals surface area contributed by atoms with Gasteiger partial charge in [-0.1, -0.05) is 12.8 Å². The summed E-state index contributed by atoms with van der Waals surface area (Å²) in [6, 6.07) is 4.05. The first-order chi connectivity index (χ1) is 10.7. The van der Waals surface area contributed by atoms with Crippen LogP contribution in [0, 0.1) is 0 Å². The zero-order valence-corrected chi connectivity index (χ0v) is 12.8. The van der Waals surface area contributed by atoms with Gasteiger partial charge in [-0.2, -0.15) is 0 Å². The van der Waals surface area contributed by atoms with Gasteiger partial charge in [-0.15, -0.1) is 0 Å². The minimum Gasteiger partial charge on any atom is -0.468 e. The fourth-order valence-electron chi connectivity index (χ4n) is 3.29. The minimum absolute atomic E-state index is 0.0355.